The molecule has 1 unspecified atom stereocenters. The molecule has 0 saturated carbocycles. The lowest BCUT2D eigenvalue weighted by atomic mass is 9.93. The number of nitrogens with zero attached hydrogens (tertiary/aromatic N) is 1. The van der Waals surface area contributed by atoms with Gasteiger partial charge in [-0.25, -0.2) is 4.98 Å². The standard InChI is InChI=1S/C17H20N2OS/c1-10-4-6-13(12(3)8-10)16(20)19-17-18-14-7-5-11(2)9-15(14)21-17/h4,6,8,11H,5,7,9H2,1-3H3,(H,18,19,20). The van der Waals surface area contributed by atoms with E-state index in [0.29, 0.717) is 0 Å². The Bertz CT molecular complexity index is 690. The summed E-state index contributed by atoms with van der Waals surface area (Å²) in [6.45, 7) is 6.28. The number of hydrogen-bond donors (Lipinski definition) is 1. The van der Waals surface area contributed by atoms with Crippen LogP contribution in [0.3, 0.4) is 0 Å². The van der Waals surface area contributed by atoms with Gasteiger partial charge in [-0.05, 0) is 50.7 Å². The minimum absolute atomic E-state index is 0.0633. The molecule has 3 rings (SSSR count). The van der Waals surface area contributed by atoms with Crippen molar-refractivity contribution in [1.82, 2.24) is 4.98 Å². The van der Waals surface area contributed by atoms with Crippen LogP contribution in [0.2, 0.25) is 0 Å². The molecule has 1 aliphatic carbocycles. The normalized spacial score (nSPS) is 17.4. The minimum Gasteiger partial charge on any atom is -0.298 e. The van der Waals surface area contributed by atoms with Crippen molar-refractivity contribution in [3.8, 4) is 0 Å². The molecule has 2 aromatic rings. The Morgan fingerprint density at radius 2 is 2.19 bits per heavy atom. The van der Waals surface area contributed by atoms with E-state index in [1.165, 1.54) is 22.6 Å². The second-order valence-corrected chi connectivity index (χ2v) is 7.09. The van der Waals surface area contributed by atoms with Crippen LogP contribution in [0.25, 0.3) is 0 Å². The van der Waals surface area contributed by atoms with Gasteiger partial charge in [0.2, 0.25) is 0 Å². The summed E-state index contributed by atoms with van der Waals surface area (Å²) in [5.41, 5.74) is 4.07. The van der Waals surface area contributed by atoms with E-state index in [1.807, 2.05) is 32.0 Å². The predicted molar refractivity (Wildman–Crippen MR) is 87.2 cm³/mol. The number of aryl methyl sites for hydroxylation is 3. The number of benzene rings is 1. The van der Waals surface area contributed by atoms with E-state index in [-0.39, 0.29) is 5.91 Å². The monoisotopic (exact) mass is 300 g/mol. The molecule has 4 heteroatoms. The van der Waals surface area contributed by atoms with Crippen LogP contribution in [0.4, 0.5) is 5.13 Å². The van der Waals surface area contributed by atoms with Crippen molar-refractivity contribution < 1.29 is 4.79 Å². The fourth-order valence-electron chi connectivity index (χ4n) is 2.83. The minimum atomic E-state index is -0.0633. The van der Waals surface area contributed by atoms with Crippen molar-refractivity contribution >= 4 is 22.4 Å². The number of rotatable bonds is 2. The summed E-state index contributed by atoms with van der Waals surface area (Å²) in [7, 11) is 0. The Morgan fingerprint density at radius 3 is 2.95 bits per heavy atom. The molecule has 1 N–H and O–H groups in total. The first-order valence-corrected chi connectivity index (χ1v) is 8.22. The first kappa shape index (κ1) is 14.3. The number of anilines is 1. The van der Waals surface area contributed by atoms with Gasteiger partial charge in [0.15, 0.2) is 5.13 Å². The van der Waals surface area contributed by atoms with E-state index >= 15 is 0 Å². The van der Waals surface area contributed by atoms with Crippen LogP contribution in [-0.2, 0) is 12.8 Å². The number of carbonyl (C=O) groups excluding carboxylic acids is 1. The molecule has 0 bridgehead atoms. The highest BCUT2D eigenvalue weighted by molar-refractivity contribution is 7.15. The zero-order valence-electron chi connectivity index (χ0n) is 12.7. The van der Waals surface area contributed by atoms with E-state index in [1.54, 1.807) is 11.3 Å². The fraction of sp³-hybridized carbons (Fsp3) is 0.412. The van der Waals surface area contributed by atoms with Gasteiger partial charge in [0.25, 0.3) is 5.91 Å². The van der Waals surface area contributed by atoms with Crippen molar-refractivity contribution in [2.24, 2.45) is 5.92 Å². The third-order valence-corrected chi connectivity index (χ3v) is 5.07. The number of nitrogens with one attached hydrogen (secondary N) is 1. The fourth-order valence-corrected chi connectivity index (χ4v) is 3.99. The summed E-state index contributed by atoms with van der Waals surface area (Å²) >= 11 is 1.63. The molecular weight excluding hydrogens is 280 g/mol. The van der Waals surface area contributed by atoms with Gasteiger partial charge in [-0.15, -0.1) is 11.3 Å². The molecule has 0 aliphatic heterocycles. The molecule has 1 heterocycles. The maximum Gasteiger partial charge on any atom is 0.257 e. The molecule has 1 aliphatic rings. The molecular formula is C17H20N2OS. The molecule has 0 fully saturated rings. The zero-order chi connectivity index (χ0) is 15.0. The van der Waals surface area contributed by atoms with Gasteiger partial charge < -0.3 is 0 Å². The van der Waals surface area contributed by atoms with Crippen molar-refractivity contribution in [3.05, 3.63) is 45.5 Å². The average Bonchev–Trinajstić information content (AvgIpc) is 2.79. The maximum atomic E-state index is 12.4. The molecule has 3 nitrogen and oxygen atoms in total. The summed E-state index contributed by atoms with van der Waals surface area (Å²) in [6, 6.07) is 5.88. The predicted octanol–water partition coefficient (Wildman–Crippen LogP) is 4.14. The molecule has 1 atom stereocenters. The third-order valence-electron chi connectivity index (χ3n) is 4.03. The van der Waals surface area contributed by atoms with Gasteiger partial charge in [0, 0.05) is 10.4 Å². The van der Waals surface area contributed by atoms with Crippen LogP contribution in [0.1, 0.15) is 45.4 Å². The van der Waals surface area contributed by atoms with E-state index in [0.717, 1.165) is 35.0 Å². The Kier molecular flexibility index (Phi) is 3.81. The van der Waals surface area contributed by atoms with Gasteiger partial charge in [-0.3, -0.25) is 10.1 Å². The molecule has 1 amide bonds. The summed E-state index contributed by atoms with van der Waals surface area (Å²) in [6.07, 6.45) is 3.32. The van der Waals surface area contributed by atoms with Crippen LogP contribution < -0.4 is 5.32 Å². The quantitative estimate of drug-likeness (QED) is 0.905. The van der Waals surface area contributed by atoms with Crippen molar-refractivity contribution in [2.75, 3.05) is 5.32 Å². The van der Waals surface area contributed by atoms with Crippen LogP contribution in [0.15, 0.2) is 18.2 Å². The Balaban J connectivity index is 1.79. The number of carbonyl (C=O) groups is 1. The SMILES string of the molecule is Cc1ccc(C(=O)Nc2nc3c(s2)CC(C)CC3)c(C)c1. The number of fused-ring (bicyclic) bond motifs is 1. The van der Waals surface area contributed by atoms with Gasteiger partial charge in [0.05, 0.1) is 5.69 Å². The summed E-state index contributed by atoms with van der Waals surface area (Å²) in [5.74, 6) is 0.660. The lowest BCUT2D eigenvalue weighted by molar-refractivity contribution is 0.102. The Labute approximate surface area is 129 Å². The van der Waals surface area contributed by atoms with E-state index in [4.69, 9.17) is 0 Å². The largest absolute Gasteiger partial charge is 0.298 e. The molecule has 1 aromatic carbocycles. The second kappa shape index (κ2) is 5.60. The highest BCUT2D eigenvalue weighted by Gasteiger charge is 2.21. The first-order chi connectivity index (χ1) is 10.0. The van der Waals surface area contributed by atoms with Gasteiger partial charge in [-0.1, -0.05) is 24.6 Å². The van der Waals surface area contributed by atoms with E-state index < -0.39 is 0 Å². The maximum absolute atomic E-state index is 12.4. The van der Waals surface area contributed by atoms with Crippen LogP contribution in [-0.4, -0.2) is 10.9 Å². The number of thiazole rings is 1. The topological polar surface area (TPSA) is 42.0 Å². The molecule has 110 valence electrons. The molecule has 0 spiro atoms. The average molecular weight is 300 g/mol. The van der Waals surface area contributed by atoms with Gasteiger partial charge in [-0.2, -0.15) is 0 Å². The van der Waals surface area contributed by atoms with Gasteiger partial charge in [0.1, 0.15) is 0 Å². The molecule has 1 aromatic heterocycles. The zero-order valence-corrected chi connectivity index (χ0v) is 13.5. The van der Waals surface area contributed by atoms with Gasteiger partial charge >= 0.3 is 0 Å². The summed E-state index contributed by atoms with van der Waals surface area (Å²) in [5, 5.41) is 3.69. The third kappa shape index (κ3) is 3.00. The van der Waals surface area contributed by atoms with Crippen LogP contribution in [0, 0.1) is 19.8 Å². The number of aromatic nitrogens is 1. The lowest BCUT2D eigenvalue weighted by Crippen LogP contribution is -2.13. The second-order valence-electron chi connectivity index (χ2n) is 6.01. The van der Waals surface area contributed by atoms with Crippen LogP contribution >= 0.6 is 11.3 Å². The smallest absolute Gasteiger partial charge is 0.257 e. The Morgan fingerprint density at radius 1 is 1.38 bits per heavy atom. The molecule has 21 heavy (non-hydrogen) atoms. The van der Waals surface area contributed by atoms with Crippen molar-refractivity contribution in [1.29, 1.82) is 0 Å². The molecule has 0 saturated heterocycles. The summed E-state index contributed by atoms with van der Waals surface area (Å²) < 4.78 is 0. The summed E-state index contributed by atoms with van der Waals surface area (Å²) in [4.78, 5) is 18.3. The Hall–Kier alpha value is -1.68. The highest BCUT2D eigenvalue weighted by Crippen LogP contribution is 2.32. The number of amides is 1. The van der Waals surface area contributed by atoms with E-state index in [2.05, 4.69) is 17.2 Å². The van der Waals surface area contributed by atoms with Crippen molar-refractivity contribution in [3.63, 3.8) is 0 Å². The van der Waals surface area contributed by atoms with Crippen LogP contribution in [0.5, 0.6) is 0 Å². The molecule has 0 radical (unpaired) electrons. The van der Waals surface area contributed by atoms with Crippen molar-refractivity contribution in [2.45, 2.75) is 40.0 Å². The lowest BCUT2D eigenvalue weighted by Gasteiger charge is -2.15. The highest BCUT2D eigenvalue weighted by atomic mass is 32.1. The first-order valence-electron chi connectivity index (χ1n) is 7.40. The number of hydrogen-bond acceptors (Lipinski definition) is 3. The van der Waals surface area contributed by atoms with E-state index in [9.17, 15) is 4.79 Å².